The lowest BCUT2D eigenvalue weighted by molar-refractivity contribution is 0.384. The van der Waals surface area contributed by atoms with Crippen molar-refractivity contribution >= 4 is 22.6 Å². The van der Waals surface area contributed by atoms with Crippen molar-refractivity contribution < 1.29 is 9.13 Å². The van der Waals surface area contributed by atoms with E-state index in [-0.39, 0.29) is 5.75 Å². The van der Waals surface area contributed by atoms with Crippen molar-refractivity contribution in [2.75, 3.05) is 27.7 Å². The Morgan fingerprint density at radius 1 is 1.40 bits per heavy atom. The van der Waals surface area contributed by atoms with E-state index in [1.165, 1.54) is 13.2 Å². The fraction of sp³-hybridized carbons (Fsp3) is 0.500. The fourth-order valence-corrected chi connectivity index (χ4v) is 2.43. The first-order chi connectivity index (χ1) is 9.56. The van der Waals surface area contributed by atoms with E-state index in [0.717, 1.165) is 30.9 Å². The summed E-state index contributed by atoms with van der Waals surface area (Å²) in [4.78, 5) is 6.51. The predicted molar refractivity (Wildman–Crippen MR) is 79.0 cm³/mol. The minimum absolute atomic E-state index is 0.229. The first kappa shape index (κ1) is 15.1. The Hall–Kier alpha value is -1.33. The molecule has 110 valence electrons. The van der Waals surface area contributed by atoms with Crippen molar-refractivity contribution in [1.29, 1.82) is 0 Å². The summed E-state index contributed by atoms with van der Waals surface area (Å²) in [5.74, 6) is 0.889. The third-order valence-electron chi connectivity index (χ3n) is 3.21. The van der Waals surface area contributed by atoms with Crippen molar-refractivity contribution in [2.45, 2.75) is 18.8 Å². The fourth-order valence-electron chi connectivity index (χ4n) is 2.23. The number of ether oxygens (including phenoxy) is 1. The molecule has 0 N–H and O–H groups in total. The second-order valence-electron chi connectivity index (χ2n) is 4.95. The minimum atomic E-state index is -0.404. The average Bonchev–Trinajstić information content (AvgIpc) is 2.74. The number of nitrogens with zero attached hydrogens (tertiary/aromatic N) is 3. The molecule has 0 atom stereocenters. The highest BCUT2D eigenvalue weighted by Crippen LogP contribution is 2.26. The molecule has 4 nitrogen and oxygen atoms in total. The number of aryl methyl sites for hydroxylation is 1. The van der Waals surface area contributed by atoms with Crippen molar-refractivity contribution in [3.8, 4) is 5.75 Å². The van der Waals surface area contributed by atoms with Crippen LogP contribution in [0.4, 0.5) is 4.39 Å². The largest absolute Gasteiger partial charge is 0.494 e. The first-order valence-electron chi connectivity index (χ1n) is 6.50. The van der Waals surface area contributed by atoms with Gasteiger partial charge in [0.2, 0.25) is 0 Å². The number of halogens is 2. The highest BCUT2D eigenvalue weighted by atomic mass is 35.5. The topological polar surface area (TPSA) is 30.3 Å². The Labute approximate surface area is 123 Å². The van der Waals surface area contributed by atoms with Gasteiger partial charge in [0.25, 0.3) is 0 Å². The number of hydrogen-bond donors (Lipinski definition) is 0. The molecular weight excluding hydrogens is 281 g/mol. The van der Waals surface area contributed by atoms with Gasteiger partial charge in [0.05, 0.1) is 24.0 Å². The van der Waals surface area contributed by atoms with Gasteiger partial charge in [-0.1, -0.05) is 0 Å². The molecule has 2 aromatic rings. The molecule has 1 heterocycles. The molecule has 0 aliphatic carbocycles. The maximum Gasteiger partial charge on any atom is 0.167 e. The maximum absolute atomic E-state index is 13.7. The molecule has 1 aromatic heterocycles. The molecule has 0 saturated carbocycles. The Morgan fingerprint density at radius 2 is 2.15 bits per heavy atom. The van der Waals surface area contributed by atoms with Crippen molar-refractivity contribution in [3.05, 3.63) is 23.8 Å². The summed E-state index contributed by atoms with van der Waals surface area (Å²) >= 11 is 5.94. The number of imidazole rings is 1. The van der Waals surface area contributed by atoms with Crippen LogP contribution >= 0.6 is 11.6 Å². The van der Waals surface area contributed by atoms with Gasteiger partial charge >= 0.3 is 0 Å². The van der Waals surface area contributed by atoms with Crippen molar-refractivity contribution in [1.82, 2.24) is 14.5 Å². The van der Waals surface area contributed by atoms with Crippen LogP contribution in [0.2, 0.25) is 0 Å². The molecule has 1 aromatic carbocycles. The van der Waals surface area contributed by atoms with Gasteiger partial charge in [0.15, 0.2) is 11.6 Å². The van der Waals surface area contributed by atoms with E-state index in [9.17, 15) is 4.39 Å². The lowest BCUT2D eigenvalue weighted by Gasteiger charge is -2.12. The smallest absolute Gasteiger partial charge is 0.167 e. The van der Waals surface area contributed by atoms with E-state index in [2.05, 4.69) is 9.88 Å². The molecule has 2 rings (SSSR count). The summed E-state index contributed by atoms with van der Waals surface area (Å²) in [6, 6.07) is 3.08. The highest BCUT2D eigenvalue weighted by Gasteiger charge is 2.14. The van der Waals surface area contributed by atoms with E-state index < -0.39 is 5.82 Å². The second kappa shape index (κ2) is 6.41. The van der Waals surface area contributed by atoms with Crippen LogP contribution in [-0.4, -0.2) is 42.2 Å². The van der Waals surface area contributed by atoms with Gasteiger partial charge in [-0.25, -0.2) is 9.37 Å². The molecule has 6 heteroatoms. The van der Waals surface area contributed by atoms with Crippen LogP contribution in [0.3, 0.4) is 0 Å². The van der Waals surface area contributed by atoms with E-state index in [1.807, 2.05) is 18.7 Å². The van der Waals surface area contributed by atoms with E-state index in [0.29, 0.717) is 11.4 Å². The number of methoxy groups -OCH3 is 1. The molecule has 0 saturated heterocycles. The van der Waals surface area contributed by atoms with Gasteiger partial charge in [-0.05, 0) is 27.1 Å². The molecule has 0 aliphatic heterocycles. The SMILES string of the molecule is COc1cc2c(cc1F)nc(CCl)n2CCCN(C)C. The first-order valence-corrected chi connectivity index (χ1v) is 7.03. The number of fused-ring (bicyclic) bond motifs is 1. The Kier molecular flexibility index (Phi) is 4.83. The number of hydrogen-bond acceptors (Lipinski definition) is 3. The summed E-state index contributed by atoms with van der Waals surface area (Å²) in [5, 5.41) is 0. The van der Waals surface area contributed by atoms with Crippen LogP contribution in [0.5, 0.6) is 5.75 Å². The minimum Gasteiger partial charge on any atom is -0.494 e. The summed E-state index contributed by atoms with van der Waals surface area (Å²) < 4.78 is 20.8. The summed E-state index contributed by atoms with van der Waals surface area (Å²) in [7, 11) is 5.53. The third kappa shape index (κ3) is 3.04. The van der Waals surface area contributed by atoms with Gasteiger partial charge in [-0.15, -0.1) is 11.6 Å². The molecule has 0 bridgehead atoms. The zero-order chi connectivity index (χ0) is 14.7. The number of aromatic nitrogens is 2. The zero-order valence-electron chi connectivity index (χ0n) is 12.0. The molecule has 0 amide bonds. The van der Waals surface area contributed by atoms with Gasteiger partial charge < -0.3 is 14.2 Å². The van der Waals surface area contributed by atoms with Crippen LogP contribution in [0.15, 0.2) is 12.1 Å². The Morgan fingerprint density at radius 3 is 2.75 bits per heavy atom. The summed E-state index contributed by atoms with van der Waals surface area (Å²) in [5.41, 5.74) is 1.47. The van der Waals surface area contributed by atoms with Crippen molar-refractivity contribution in [2.24, 2.45) is 0 Å². The second-order valence-corrected chi connectivity index (χ2v) is 5.21. The molecule has 0 fully saturated rings. The number of benzene rings is 1. The van der Waals surface area contributed by atoms with Gasteiger partial charge in [-0.2, -0.15) is 0 Å². The molecule has 0 spiro atoms. The zero-order valence-corrected chi connectivity index (χ0v) is 12.7. The van der Waals surface area contributed by atoms with Crippen molar-refractivity contribution in [3.63, 3.8) is 0 Å². The van der Waals surface area contributed by atoms with E-state index in [4.69, 9.17) is 16.3 Å². The lowest BCUT2D eigenvalue weighted by Crippen LogP contribution is -2.15. The van der Waals surface area contributed by atoms with Crippen LogP contribution in [0, 0.1) is 5.82 Å². The third-order valence-corrected chi connectivity index (χ3v) is 3.45. The van der Waals surface area contributed by atoms with Crippen LogP contribution in [0.25, 0.3) is 11.0 Å². The van der Waals surface area contributed by atoms with Crippen LogP contribution < -0.4 is 4.74 Å². The molecule has 0 radical (unpaired) electrons. The number of rotatable bonds is 6. The summed E-state index contributed by atoms with van der Waals surface area (Å²) in [6.07, 6.45) is 0.974. The quantitative estimate of drug-likeness (QED) is 0.768. The maximum atomic E-state index is 13.7. The Balaban J connectivity index is 2.39. The van der Waals surface area contributed by atoms with Gasteiger partial charge in [0.1, 0.15) is 5.82 Å². The monoisotopic (exact) mass is 299 g/mol. The molecule has 20 heavy (non-hydrogen) atoms. The average molecular weight is 300 g/mol. The highest BCUT2D eigenvalue weighted by molar-refractivity contribution is 6.16. The van der Waals surface area contributed by atoms with E-state index in [1.54, 1.807) is 6.07 Å². The lowest BCUT2D eigenvalue weighted by atomic mass is 10.2. The number of alkyl halides is 1. The standard InChI is InChI=1S/C14H19ClFN3O/c1-18(2)5-4-6-19-12-8-13(20-3)10(16)7-11(12)17-14(19)9-15/h7-8H,4-6,9H2,1-3H3. The van der Waals surface area contributed by atoms with Gasteiger partial charge in [0, 0.05) is 18.7 Å². The van der Waals surface area contributed by atoms with Gasteiger partial charge in [-0.3, -0.25) is 0 Å². The summed E-state index contributed by atoms with van der Waals surface area (Å²) in [6.45, 7) is 1.77. The van der Waals surface area contributed by atoms with Crippen LogP contribution in [-0.2, 0) is 12.4 Å². The molecule has 0 unspecified atom stereocenters. The van der Waals surface area contributed by atoms with E-state index >= 15 is 0 Å². The Bertz CT molecular complexity index is 598. The molecular formula is C14H19ClFN3O. The normalized spacial score (nSPS) is 11.5. The molecule has 0 aliphatic rings. The van der Waals surface area contributed by atoms with Crippen LogP contribution in [0.1, 0.15) is 12.2 Å². The predicted octanol–water partition coefficient (Wildman–Crippen LogP) is 2.87.